The van der Waals surface area contributed by atoms with E-state index in [1.165, 1.54) is 37.0 Å². The van der Waals surface area contributed by atoms with E-state index in [0.717, 1.165) is 5.75 Å². The molecular formula is C14H18S. The normalized spacial score (nSPS) is 16.4. The van der Waals surface area contributed by atoms with Crippen LogP contribution in [0.15, 0.2) is 46.9 Å². The van der Waals surface area contributed by atoms with Crippen molar-refractivity contribution < 1.29 is 0 Å². The molecule has 1 aliphatic carbocycles. The summed E-state index contributed by atoms with van der Waals surface area (Å²) in [5.41, 5.74) is 1.68. The topological polar surface area (TPSA) is 0 Å². The molecule has 0 heterocycles. The molecule has 1 heteroatoms. The third kappa shape index (κ3) is 3.75. The first-order chi connectivity index (χ1) is 7.45. The van der Waals surface area contributed by atoms with Crippen LogP contribution in [0.3, 0.4) is 0 Å². The SMILES string of the molecule is C(CSc1ccccc1)=C1CCCCC1. The monoisotopic (exact) mass is 218 g/mol. The minimum Gasteiger partial charge on any atom is -0.122 e. The maximum absolute atomic E-state index is 2.44. The zero-order valence-electron chi connectivity index (χ0n) is 9.11. The van der Waals surface area contributed by atoms with Gasteiger partial charge in [-0.05, 0) is 37.8 Å². The number of allylic oxidation sites excluding steroid dienone is 1. The average Bonchev–Trinajstić information content (AvgIpc) is 2.32. The molecule has 0 amide bonds. The third-order valence-corrected chi connectivity index (χ3v) is 3.80. The number of rotatable bonds is 3. The number of hydrogen-bond acceptors (Lipinski definition) is 1. The maximum Gasteiger partial charge on any atom is 0.0163 e. The van der Waals surface area contributed by atoms with Crippen molar-refractivity contribution in [3.05, 3.63) is 42.0 Å². The standard InChI is InChI=1S/C14H18S/c1-3-7-13(8-4-1)11-12-15-14-9-5-2-6-10-14/h2,5-6,9-11H,1,3-4,7-8,12H2. The average molecular weight is 218 g/mol. The second-order valence-electron chi connectivity index (χ2n) is 4.05. The zero-order chi connectivity index (χ0) is 10.3. The molecule has 0 unspecified atom stereocenters. The molecule has 1 saturated carbocycles. The van der Waals surface area contributed by atoms with Gasteiger partial charge in [0.05, 0.1) is 0 Å². The first kappa shape index (κ1) is 10.8. The molecule has 0 bridgehead atoms. The Kier molecular flexibility index (Phi) is 4.34. The molecule has 1 aliphatic rings. The minimum absolute atomic E-state index is 1.14. The lowest BCUT2D eigenvalue weighted by Gasteiger charge is -2.13. The predicted octanol–water partition coefficient (Wildman–Crippen LogP) is 4.67. The molecule has 15 heavy (non-hydrogen) atoms. The van der Waals surface area contributed by atoms with E-state index in [1.807, 2.05) is 11.8 Å². The van der Waals surface area contributed by atoms with Crippen LogP contribution in [0, 0.1) is 0 Å². The van der Waals surface area contributed by atoms with Gasteiger partial charge in [0.15, 0.2) is 0 Å². The first-order valence-electron chi connectivity index (χ1n) is 5.81. The molecular weight excluding hydrogens is 200 g/mol. The lowest BCUT2D eigenvalue weighted by Crippen LogP contribution is -1.93. The van der Waals surface area contributed by atoms with Gasteiger partial charge in [0.25, 0.3) is 0 Å². The largest absolute Gasteiger partial charge is 0.122 e. The van der Waals surface area contributed by atoms with Crippen LogP contribution in [0.4, 0.5) is 0 Å². The fourth-order valence-corrected chi connectivity index (χ4v) is 2.84. The third-order valence-electron chi connectivity index (χ3n) is 2.86. The Balaban J connectivity index is 1.78. The van der Waals surface area contributed by atoms with E-state index in [1.54, 1.807) is 5.57 Å². The summed E-state index contributed by atoms with van der Waals surface area (Å²) in [7, 11) is 0. The van der Waals surface area contributed by atoms with Crippen LogP contribution in [0.2, 0.25) is 0 Å². The summed E-state index contributed by atoms with van der Waals surface area (Å²) in [6, 6.07) is 10.7. The lowest BCUT2D eigenvalue weighted by atomic mass is 9.95. The molecule has 0 saturated heterocycles. The van der Waals surface area contributed by atoms with Crippen LogP contribution in [0.5, 0.6) is 0 Å². The van der Waals surface area contributed by atoms with E-state index in [0.29, 0.717) is 0 Å². The molecule has 0 aliphatic heterocycles. The van der Waals surface area contributed by atoms with Crippen molar-refractivity contribution in [1.82, 2.24) is 0 Å². The number of benzene rings is 1. The summed E-state index contributed by atoms with van der Waals surface area (Å²) in [6.07, 6.45) is 9.37. The summed E-state index contributed by atoms with van der Waals surface area (Å²) >= 11 is 1.94. The molecule has 1 fully saturated rings. The quantitative estimate of drug-likeness (QED) is 0.525. The molecule has 0 atom stereocenters. The van der Waals surface area contributed by atoms with Crippen molar-refractivity contribution in [1.29, 1.82) is 0 Å². The highest BCUT2D eigenvalue weighted by Crippen LogP contribution is 2.24. The Hall–Kier alpha value is -0.690. The van der Waals surface area contributed by atoms with Gasteiger partial charge in [-0.25, -0.2) is 0 Å². The predicted molar refractivity (Wildman–Crippen MR) is 68.3 cm³/mol. The molecule has 0 radical (unpaired) electrons. The van der Waals surface area contributed by atoms with Crippen molar-refractivity contribution >= 4 is 11.8 Å². The molecule has 2 rings (SSSR count). The highest BCUT2D eigenvalue weighted by molar-refractivity contribution is 7.99. The van der Waals surface area contributed by atoms with E-state index in [-0.39, 0.29) is 0 Å². The Labute approximate surface area is 96.8 Å². The Morgan fingerprint density at radius 3 is 2.47 bits per heavy atom. The van der Waals surface area contributed by atoms with E-state index in [4.69, 9.17) is 0 Å². The van der Waals surface area contributed by atoms with Crippen LogP contribution >= 0.6 is 11.8 Å². The summed E-state index contributed by atoms with van der Waals surface area (Å²) in [5, 5.41) is 0. The van der Waals surface area contributed by atoms with E-state index >= 15 is 0 Å². The van der Waals surface area contributed by atoms with Crippen molar-refractivity contribution in [2.75, 3.05) is 5.75 Å². The number of thioether (sulfide) groups is 1. The summed E-state index contributed by atoms with van der Waals surface area (Å²) in [5.74, 6) is 1.14. The van der Waals surface area contributed by atoms with Gasteiger partial charge in [-0.15, -0.1) is 11.8 Å². The Bertz CT molecular complexity index is 305. The summed E-state index contributed by atoms with van der Waals surface area (Å²) < 4.78 is 0. The van der Waals surface area contributed by atoms with Crippen LogP contribution in [-0.2, 0) is 0 Å². The zero-order valence-corrected chi connectivity index (χ0v) is 9.93. The van der Waals surface area contributed by atoms with Gasteiger partial charge in [0.1, 0.15) is 0 Å². The van der Waals surface area contributed by atoms with Gasteiger partial charge < -0.3 is 0 Å². The summed E-state index contributed by atoms with van der Waals surface area (Å²) in [4.78, 5) is 1.38. The van der Waals surface area contributed by atoms with Crippen LogP contribution < -0.4 is 0 Å². The second kappa shape index (κ2) is 6.02. The highest BCUT2D eigenvalue weighted by Gasteiger charge is 2.04. The van der Waals surface area contributed by atoms with Gasteiger partial charge >= 0.3 is 0 Å². The van der Waals surface area contributed by atoms with Crippen molar-refractivity contribution in [3.8, 4) is 0 Å². The lowest BCUT2D eigenvalue weighted by molar-refractivity contribution is 0.598. The van der Waals surface area contributed by atoms with Gasteiger partial charge in [-0.3, -0.25) is 0 Å². The minimum atomic E-state index is 1.14. The van der Waals surface area contributed by atoms with Gasteiger partial charge in [0.2, 0.25) is 0 Å². The van der Waals surface area contributed by atoms with E-state index < -0.39 is 0 Å². The van der Waals surface area contributed by atoms with Crippen LogP contribution in [0.1, 0.15) is 32.1 Å². The van der Waals surface area contributed by atoms with Crippen LogP contribution in [0.25, 0.3) is 0 Å². The molecule has 0 N–H and O–H groups in total. The van der Waals surface area contributed by atoms with Gasteiger partial charge in [0, 0.05) is 10.6 Å². The van der Waals surface area contributed by atoms with Crippen LogP contribution in [-0.4, -0.2) is 5.75 Å². The fraction of sp³-hybridized carbons (Fsp3) is 0.429. The van der Waals surface area contributed by atoms with E-state index in [2.05, 4.69) is 36.4 Å². The van der Waals surface area contributed by atoms with Gasteiger partial charge in [-0.1, -0.05) is 36.3 Å². The summed E-state index contributed by atoms with van der Waals surface area (Å²) in [6.45, 7) is 0. The van der Waals surface area contributed by atoms with E-state index in [9.17, 15) is 0 Å². The van der Waals surface area contributed by atoms with Crippen molar-refractivity contribution in [3.63, 3.8) is 0 Å². The van der Waals surface area contributed by atoms with Gasteiger partial charge in [-0.2, -0.15) is 0 Å². The molecule has 80 valence electrons. The maximum atomic E-state index is 2.44. The molecule has 1 aromatic carbocycles. The highest BCUT2D eigenvalue weighted by atomic mass is 32.2. The molecule has 0 aromatic heterocycles. The Morgan fingerprint density at radius 2 is 1.73 bits per heavy atom. The van der Waals surface area contributed by atoms with Crippen molar-refractivity contribution in [2.45, 2.75) is 37.0 Å². The van der Waals surface area contributed by atoms with Crippen molar-refractivity contribution in [2.24, 2.45) is 0 Å². The second-order valence-corrected chi connectivity index (χ2v) is 5.14. The molecule has 0 nitrogen and oxygen atoms in total. The Morgan fingerprint density at radius 1 is 1.00 bits per heavy atom. The molecule has 1 aromatic rings. The number of hydrogen-bond donors (Lipinski definition) is 0. The smallest absolute Gasteiger partial charge is 0.0163 e. The fourth-order valence-electron chi connectivity index (χ4n) is 1.98. The first-order valence-corrected chi connectivity index (χ1v) is 6.79. The molecule has 0 spiro atoms.